The molecule has 86 valence electrons. The van der Waals surface area contributed by atoms with E-state index in [-0.39, 0.29) is 5.91 Å². The second-order valence-electron chi connectivity index (χ2n) is 4.09. The van der Waals surface area contributed by atoms with Gasteiger partial charge >= 0.3 is 0 Å². The van der Waals surface area contributed by atoms with E-state index in [0.29, 0.717) is 0 Å². The number of rotatable bonds is 2. The van der Waals surface area contributed by atoms with E-state index in [1.807, 2.05) is 24.3 Å². The van der Waals surface area contributed by atoms with Gasteiger partial charge in [0.15, 0.2) is 0 Å². The van der Waals surface area contributed by atoms with E-state index in [1.165, 1.54) is 12.5 Å². The summed E-state index contributed by atoms with van der Waals surface area (Å²) in [6.07, 6.45) is 0. The minimum absolute atomic E-state index is 0.0513. The second-order valence-corrected chi connectivity index (χ2v) is 4.09. The summed E-state index contributed by atoms with van der Waals surface area (Å²) in [6.45, 7) is 3.58. The Labute approximate surface area is 101 Å². The van der Waals surface area contributed by atoms with Crippen molar-refractivity contribution in [2.75, 3.05) is 5.32 Å². The van der Waals surface area contributed by atoms with Gasteiger partial charge in [-0.3, -0.25) is 4.79 Å². The zero-order valence-electron chi connectivity index (χ0n) is 10.0. The number of hydrogen-bond donors (Lipinski definition) is 1. The van der Waals surface area contributed by atoms with Gasteiger partial charge in [-0.2, -0.15) is 0 Å². The van der Waals surface area contributed by atoms with Gasteiger partial charge in [0.05, 0.1) is 0 Å². The molecular weight excluding hydrogens is 210 g/mol. The summed E-state index contributed by atoms with van der Waals surface area (Å²) in [5, 5.41) is 2.85. The van der Waals surface area contributed by atoms with Crippen molar-refractivity contribution in [2.45, 2.75) is 13.8 Å². The molecule has 0 saturated heterocycles. The molecule has 0 aliphatic rings. The van der Waals surface area contributed by atoms with E-state index >= 15 is 0 Å². The molecule has 0 spiro atoms. The molecule has 0 bridgehead atoms. The van der Waals surface area contributed by atoms with Crippen LogP contribution in [-0.4, -0.2) is 5.91 Å². The fourth-order valence-electron chi connectivity index (χ4n) is 1.77. The average Bonchev–Trinajstić information content (AvgIpc) is 2.30. The Morgan fingerprint density at radius 2 is 1.65 bits per heavy atom. The highest BCUT2D eigenvalue weighted by atomic mass is 16.1. The van der Waals surface area contributed by atoms with E-state index < -0.39 is 0 Å². The van der Waals surface area contributed by atoms with Crippen molar-refractivity contribution in [3.8, 4) is 11.1 Å². The Hall–Kier alpha value is -2.09. The Bertz CT molecular complexity index is 529. The normalized spacial score (nSPS) is 10.0. The summed E-state index contributed by atoms with van der Waals surface area (Å²) in [6, 6.07) is 16.1. The fraction of sp³-hybridized carbons (Fsp3) is 0.133. The topological polar surface area (TPSA) is 29.1 Å². The minimum Gasteiger partial charge on any atom is -0.326 e. The molecule has 1 amide bonds. The van der Waals surface area contributed by atoms with Crippen molar-refractivity contribution >= 4 is 11.6 Å². The average molecular weight is 225 g/mol. The third-order valence-corrected chi connectivity index (χ3v) is 2.60. The molecule has 0 aliphatic carbocycles. The zero-order chi connectivity index (χ0) is 12.3. The zero-order valence-corrected chi connectivity index (χ0v) is 10.0. The molecule has 0 unspecified atom stereocenters. The Morgan fingerprint density at radius 3 is 2.29 bits per heavy atom. The van der Waals surface area contributed by atoms with Crippen LogP contribution >= 0.6 is 0 Å². The summed E-state index contributed by atoms with van der Waals surface area (Å²) in [7, 11) is 0. The molecule has 0 fully saturated rings. The Balaban J connectivity index is 2.44. The van der Waals surface area contributed by atoms with Crippen LogP contribution in [0.4, 0.5) is 5.69 Å². The van der Waals surface area contributed by atoms with Crippen molar-refractivity contribution in [1.82, 2.24) is 0 Å². The first-order chi connectivity index (χ1) is 8.16. The molecule has 2 nitrogen and oxygen atoms in total. The lowest BCUT2D eigenvalue weighted by molar-refractivity contribution is -0.114. The molecule has 0 atom stereocenters. The van der Waals surface area contributed by atoms with Crippen LogP contribution in [0.2, 0.25) is 0 Å². The van der Waals surface area contributed by atoms with Crippen molar-refractivity contribution in [2.24, 2.45) is 0 Å². The number of carbonyl (C=O) groups is 1. The lowest BCUT2D eigenvalue weighted by Gasteiger charge is -2.10. The van der Waals surface area contributed by atoms with Gasteiger partial charge in [0, 0.05) is 18.2 Å². The lowest BCUT2D eigenvalue weighted by Crippen LogP contribution is -2.06. The smallest absolute Gasteiger partial charge is 0.221 e. The standard InChI is InChI=1S/C15H15NO/c1-11-7-9-13(10-8-11)14-5-3-4-6-15(14)16-12(2)17/h3-10H,1-2H3,(H,16,17). The van der Waals surface area contributed by atoms with Crippen molar-refractivity contribution in [3.05, 3.63) is 54.1 Å². The van der Waals surface area contributed by atoms with Gasteiger partial charge in [-0.15, -0.1) is 0 Å². The molecule has 0 aromatic heterocycles. The first-order valence-electron chi connectivity index (χ1n) is 5.60. The first kappa shape index (κ1) is 11.4. The Kier molecular flexibility index (Phi) is 3.24. The largest absolute Gasteiger partial charge is 0.326 e. The lowest BCUT2D eigenvalue weighted by atomic mass is 10.0. The Morgan fingerprint density at radius 1 is 1.00 bits per heavy atom. The first-order valence-corrected chi connectivity index (χ1v) is 5.60. The summed E-state index contributed by atoms with van der Waals surface area (Å²) < 4.78 is 0. The summed E-state index contributed by atoms with van der Waals surface area (Å²) in [4.78, 5) is 11.1. The number of nitrogens with one attached hydrogen (secondary N) is 1. The predicted octanol–water partition coefficient (Wildman–Crippen LogP) is 3.62. The summed E-state index contributed by atoms with van der Waals surface area (Å²) in [5.74, 6) is -0.0513. The van der Waals surface area contributed by atoms with Crippen LogP contribution in [0, 0.1) is 6.92 Å². The molecule has 1 N–H and O–H groups in total. The van der Waals surface area contributed by atoms with Crippen LogP contribution in [0.25, 0.3) is 11.1 Å². The number of amides is 1. The monoisotopic (exact) mass is 225 g/mol. The number of carbonyl (C=O) groups excluding carboxylic acids is 1. The van der Waals surface area contributed by atoms with Crippen molar-refractivity contribution in [1.29, 1.82) is 0 Å². The highest BCUT2D eigenvalue weighted by molar-refractivity contribution is 5.94. The van der Waals surface area contributed by atoms with E-state index in [2.05, 4.69) is 36.5 Å². The molecule has 0 heterocycles. The maximum Gasteiger partial charge on any atom is 0.221 e. The van der Waals surface area contributed by atoms with Gasteiger partial charge in [0.2, 0.25) is 5.91 Å². The van der Waals surface area contributed by atoms with Crippen LogP contribution in [0.3, 0.4) is 0 Å². The molecule has 0 radical (unpaired) electrons. The summed E-state index contributed by atoms with van der Waals surface area (Å²) in [5.41, 5.74) is 4.23. The third kappa shape index (κ3) is 2.72. The highest BCUT2D eigenvalue weighted by Gasteiger charge is 2.04. The molecule has 2 rings (SSSR count). The van der Waals surface area contributed by atoms with E-state index in [9.17, 15) is 4.79 Å². The fourth-order valence-corrected chi connectivity index (χ4v) is 1.77. The van der Waals surface area contributed by atoms with Gasteiger partial charge in [-0.25, -0.2) is 0 Å². The van der Waals surface area contributed by atoms with Crippen molar-refractivity contribution in [3.63, 3.8) is 0 Å². The molecule has 0 saturated carbocycles. The van der Waals surface area contributed by atoms with Gasteiger partial charge in [-0.1, -0.05) is 48.0 Å². The SMILES string of the molecule is CC(=O)Nc1ccccc1-c1ccc(C)cc1. The molecular formula is C15H15NO. The predicted molar refractivity (Wildman–Crippen MR) is 70.9 cm³/mol. The van der Waals surface area contributed by atoms with Crippen LogP contribution < -0.4 is 5.32 Å². The molecule has 2 aromatic rings. The number of aryl methyl sites for hydroxylation is 1. The molecule has 17 heavy (non-hydrogen) atoms. The van der Waals surface area contributed by atoms with Crippen LogP contribution in [0.5, 0.6) is 0 Å². The molecule has 0 aliphatic heterocycles. The number of para-hydroxylation sites is 1. The molecule has 2 heteroatoms. The van der Waals surface area contributed by atoms with E-state index in [0.717, 1.165) is 16.8 Å². The third-order valence-electron chi connectivity index (χ3n) is 2.60. The van der Waals surface area contributed by atoms with Crippen molar-refractivity contribution < 1.29 is 4.79 Å². The number of benzene rings is 2. The maximum atomic E-state index is 11.1. The number of anilines is 1. The highest BCUT2D eigenvalue weighted by Crippen LogP contribution is 2.27. The second kappa shape index (κ2) is 4.83. The van der Waals surface area contributed by atoms with Gasteiger partial charge in [0.1, 0.15) is 0 Å². The van der Waals surface area contributed by atoms with E-state index in [1.54, 1.807) is 0 Å². The van der Waals surface area contributed by atoms with Crippen LogP contribution in [0.15, 0.2) is 48.5 Å². The molecule has 2 aromatic carbocycles. The maximum absolute atomic E-state index is 11.1. The number of hydrogen-bond acceptors (Lipinski definition) is 1. The minimum atomic E-state index is -0.0513. The summed E-state index contributed by atoms with van der Waals surface area (Å²) >= 11 is 0. The van der Waals surface area contributed by atoms with Gasteiger partial charge in [-0.05, 0) is 18.6 Å². The van der Waals surface area contributed by atoms with Gasteiger partial charge < -0.3 is 5.32 Å². The van der Waals surface area contributed by atoms with E-state index in [4.69, 9.17) is 0 Å². The quantitative estimate of drug-likeness (QED) is 0.831. The van der Waals surface area contributed by atoms with Gasteiger partial charge in [0.25, 0.3) is 0 Å². The van der Waals surface area contributed by atoms with Crippen LogP contribution in [0.1, 0.15) is 12.5 Å². The van der Waals surface area contributed by atoms with Crippen LogP contribution in [-0.2, 0) is 4.79 Å².